The Kier molecular flexibility index (Phi) is 7.30. The van der Waals surface area contributed by atoms with E-state index in [2.05, 4.69) is 10.3 Å². The van der Waals surface area contributed by atoms with E-state index in [4.69, 9.17) is 14.2 Å². The van der Waals surface area contributed by atoms with Gasteiger partial charge >= 0.3 is 0 Å². The van der Waals surface area contributed by atoms with E-state index in [1.807, 2.05) is 61.7 Å². The average Bonchev–Trinajstić information content (AvgIpc) is 3.19. The Hall–Kier alpha value is -3.06. The number of amides is 1. The lowest BCUT2D eigenvalue weighted by Gasteiger charge is -2.18. The summed E-state index contributed by atoms with van der Waals surface area (Å²) >= 11 is 1.49. The number of aryl methyl sites for hydroxylation is 1. The lowest BCUT2D eigenvalue weighted by atomic mass is 10.1. The minimum Gasteiger partial charge on any atom is -0.497 e. The van der Waals surface area contributed by atoms with Gasteiger partial charge in [0.05, 0.1) is 32.4 Å². The third-order valence-corrected chi connectivity index (χ3v) is 5.48. The minimum absolute atomic E-state index is 0.108. The summed E-state index contributed by atoms with van der Waals surface area (Å²) in [5, 5.41) is 5.73. The summed E-state index contributed by atoms with van der Waals surface area (Å²) in [5.41, 5.74) is 2.77. The summed E-state index contributed by atoms with van der Waals surface area (Å²) in [7, 11) is 3.21. The highest BCUT2D eigenvalue weighted by atomic mass is 32.1. The van der Waals surface area contributed by atoms with Crippen molar-refractivity contribution in [3.05, 3.63) is 69.7 Å². The Morgan fingerprint density at radius 3 is 2.53 bits per heavy atom. The fourth-order valence-electron chi connectivity index (χ4n) is 2.99. The molecule has 0 saturated heterocycles. The Balaban J connectivity index is 1.55. The standard InChI is InChI=1S/C23H26N2O4S/c1-15-5-7-18(8-6-15)29-13-23-25-17(14-30-23)11-22(26)24-16(2)20-12-19(27-3)9-10-21(20)28-4/h5-10,12,14,16H,11,13H2,1-4H3,(H,24,26). The molecule has 0 aliphatic heterocycles. The number of ether oxygens (including phenoxy) is 3. The van der Waals surface area contributed by atoms with Crippen molar-refractivity contribution in [3.63, 3.8) is 0 Å². The first kappa shape index (κ1) is 21.6. The van der Waals surface area contributed by atoms with Crippen molar-refractivity contribution in [2.24, 2.45) is 0 Å². The maximum Gasteiger partial charge on any atom is 0.226 e. The van der Waals surface area contributed by atoms with Gasteiger partial charge in [-0.15, -0.1) is 11.3 Å². The number of hydrogen-bond donors (Lipinski definition) is 1. The number of methoxy groups -OCH3 is 2. The molecule has 3 aromatic rings. The molecule has 0 radical (unpaired) electrons. The molecule has 158 valence electrons. The van der Waals surface area contributed by atoms with Gasteiger partial charge < -0.3 is 19.5 Å². The van der Waals surface area contributed by atoms with Crippen LogP contribution in [0.3, 0.4) is 0 Å². The molecule has 0 fully saturated rings. The number of benzene rings is 2. The van der Waals surface area contributed by atoms with E-state index >= 15 is 0 Å². The van der Waals surface area contributed by atoms with Crippen LogP contribution in [-0.4, -0.2) is 25.1 Å². The molecule has 0 saturated carbocycles. The minimum atomic E-state index is -0.231. The van der Waals surface area contributed by atoms with Gasteiger partial charge in [-0.1, -0.05) is 17.7 Å². The van der Waals surface area contributed by atoms with E-state index in [-0.39, 0.29) is 18.4 Å². The summed E-state index contributed by atoms with van der Waals surface area (Å²) in [5.74, 6) is 2.11. The molecule has 1 aromatic heterocycles. The summed E-state index contributed by atoms with van der Waals surface area (Å²) < 4.78 is 16.4. The van der Waals surface area contributed by atoms with Crippen molar-refractivity contribution in [1.29, 1.82) is 0 Å². The normalized spacial score (nSPS) is 11.6. The van der Waals surface area contributed by atoms with Crippen LogP contribution in [0.15, 0.2) is 47.8 Å². The van der Waals surface area contributed by atoms with Gasteiger partial charge in [-0.05, 0) is 44.2 Å². The Bertz CT molecular complexity index is 985. The van der Waals surface area contributed by atoms with Crippen LogP contribution < -0.4 is 19.5 Å². The maximum absolute atomic E-state index is 12.5. The molecule has 0 spiro atoms. The van der Waals surface area contributed by atoms with Crippen molar-refractivity contribution >= 4 is 17.2 Å². The molecule has 1 atom stereocenters. The first-order valence-corrected chi connectivity index (χ1v) is 10.5. The number of thiazole rings is 1. The molecular weight excluding hydrogens is 400 g/mol. The molecule has 30 heavy (non-hydrogen) atoms. The van der Waals surface area contributed by atoms with Crippen LogP contribution in [0.5, 0.6) is 17.2 Å². The van der Waals surface area contributed by atoms with Gasteiger partial charge in [0.15, 0.2) is 0 Å². The van der Waals surface area contributed by atoms with Crippen LogP contribution in [0.4, 0.5) is 0 Å². The molecule has 0 aliphatic rings. The summed E-state index contributed by atoms with van der Waals surface area (Å²) in [6.07, 6.45) is 0.206. The molecule has 0 aliphatic carbocycles. The van der Waals surface area contributed by atoms with Crippen molar-refractivity contribution in [2.75, 3.05) is 14.2 Å². The van der Waals surface area contributed by atoms with Crippen molar-refractivity contribution in [1.82, 2.24) is 10.3 Å². The smallest absolute Gasteiger partial charge is 0.226 e. The number of carbonyl (C=O) groups excluding carboxylic acids is 1. The van der Waals surface area contributed by atoms with Gasteiger partial charge in [-0.2, -0.15) is 0 Å². The van der Waals surface area contributed by atoms with Gasteiger partial charge in [0, 0.05) is 10.9 Å². The second-order valence-electron chi connectivity index (χ2n) is 6.91. The third-order valence-electron chi connectivity index (χ3n) is 4.61. The number of hydrogen-bond acceptors (Lipinski definition) is 6. The van der Waals surface area contributed by atoms with E-state index in [1.54, 1.807) is 14.2 Å². The molecule has 1 heterocycles. The molecule has 3 rings (SSSR count). The van der Waals surface area contributed by atoms with E-state index in [0.29, 0.717) is 18.1 Å². The predicted octanol–water partition coefficient (Wildman–Crippen LogP) is 4.47. The van der Waals surface area contributed by atoms with Gasteiger partial charge in [0.1, 0.15) is 28.9 Å². The zero-order chi connectivity index (χ0) is 21.5. The van der Waals surface area contributed by atoms with Crippen LogP contribution in [0, 0.1) is 6.92 Å². The molecule has 6 nitrogen and oxygen atoms in total. The molecule has 7 heteroatoms. The molecule has 1 N–H and O–H groups in total. The molecule has 0 bridgehead atoms. The summed E-state index contributed by atoms with van der Waals surface area (Å²) in [4.78, 5) is 17.0. The summed E-state index contributed by atoms with van der Waals surface area (Å²) in [6.45, 7) is 4.33. The van der Waals surface area contributed by atoms with Gasteiger partial charge in [-0.25, -0.2) is 4.98 Å². The van der Waals surface area contributed by atoms with Crippen molar-refractivity contribution in [2.45, 2.75) is 32.9 Å². The van der Waals surface area contributed by atoms with Gasteiger partial charge in [0.2, 0.25) is 5.91 Å². The second-order valence-corrected chi connectivity index (χ2v) is 7.85. The number of nitrogens with zero attached hydrogens (tertiary/aromatic N) is 1. The largest absolute Gasteiger partial charge is 0.497 e. The Labute approximate surface area is 180 Å². The zero-order valence-electron chi connectivity index (χ0n) is 17.6. The molecule has 1 unspecified atom stereocenters. The topological polar surface area (TPSA) is 69.7 Å². The second kappa shape index (κ2) is 10.1. The predicted molar refractivity (Wildman–Crippen MR) is 117 cm³/mol. The highest BCUT2D eigenvalue weighted by Crippen LogP contribution is 2.29. The maximum atomic E-state index is 12.5. The van der Waals surface area contributed by atoms with E-state index in [1.165, 1.54) is 16.9 Å². The first-order chi connectivity index (χ1) is 14.5. The van der Waals surface area contributed by atoms with Crippen LogP contribution in [-0.2, 0) is 17.8 Å². The first-order valence-electron chi connectivity index (χ1n) is 9.62. The van der Waals surface area contributed by atoms with Crippen LogP contribution in [0.2, 0.25) is 0 Å². The van der Waals surface area contributed by atoms with Gasteiger partial charge in [0.25, 0.3) is 0 Å². The number of carbonyl (C=O) groups is 1. The fourth-order valence-corrected chi connectivity index (χ4v) is 3.69. The zero-order valence-corrected chi connectivity index (χ0v) is 18.4. The highest BCUT2D eigenvalue weighted by molar-refractivity contribution is 7.09. The van der Waals surface area contributed by atoms with Gasteiger partial charge in [-0.3, -0.25) is 4.79 Å². The van der Waals surface area contributed by atoms with Crippen LogP contribution in [0.25, 0.3) is 0 Å². The molecule has 2 aromatic carbocycles. The number of nitrogens with one attached hydrogen (secondary N) is 1. The Morgan fingerprint density at radius 1 is 1.10 bits per heavy atom. The highest BCUT2D eigenvalue weighted by Gasteiger charge is 2.16. The van der Waals surface area contributed by atoms with Crippen molar-refractivity contribution in [3.8, 4) is 17.2 Å². The number of aromatic nitrogens is 1. The van der Waals surface area contributed by atoms with E-state index < -0.39 is 0 Å². The fraction of sp³-hybridized carbons (Fsp3) is 0.304. The monoisotopic (exact) mass is 426 g/mol. The van der Waals surface area contributed by atoms with Crippen LogP contribution in [0.1, 0.15) is 34.8 Å². The van der Waals surface area contributed by atoms with E-state index in [0.717, 1.165) is 22.0 Å². The lowest BCUT2D eigenvalue weighted by molar-refractivity contribution is -0.121. The van der Waals surface area contributed by atoms with Crippen molar-refractivity contribution < 1.29 is 19.0 Å². The SMILES string of the molecule is COc1ccc(OC)c(C(C)NC(=O)Cc2csc(COc3ccc(C)cc3)n2)c1. The number of rotatable bonds is 9. The lowest BCUT2D eigenvalue weighted by Crippen LogP contribution is -2.28. The Morgan fingerprint density at radius 2 is 1.83 bits per heavy atom. The average molecular weight is 427 g/mol. The molecule has 1 amide bonds. The summed E-state index contributed by atoms with van der Waals surface area (Å²) in [6, 6.07) is 13.2. The quantitative estimate of drug-likeness (QED) is 0.547. The van der Waals surface area contributed by atoms with E-state index in [9.17, 15) is 4.79 Å². The molecular formula is C23H26N2O4S. The van der Waals surface area contributed by atoms with Crippen LogP contribution >= 0.6 is 11.3 Å². The third kappa shape index (κ3) is 5.73.